The quantitative estimate of drug-likeness (QED) is 0.614. The van der Waals surface area contributed by atoms with E-state index in [-0.39, 0.29) is 34.9 Å². The van der Waals surface area contributed by atoms with Crippen LogP contribution in [0.1, 0.15) is 23.2 Å². The third-order valence-corrected chi connectivity index (χ3v) is 2.66. The van der Waals surface area contributed by atoms with Crippen molar-refractivity contribution in [2.75, 3.05) is 14.2 Å². The number of hydrogen-bond donors (Lipinski definition) is 0. The molecule has 1 aromatic rings. The van der Waals surface area contributed by atoms with Crippen LogP contribution in [0.2, 0.25) is 0 Å². The first kappa shape index (κ1) is 14.6. The van der Waals surface area contributed by atoms with Crippen molar-refractivity contribution in [3.8, 4) is 5.75 Å². The second kappa shape index (κ2) is 6.49. The number of pyridine rings is 1. The maximum atomic E-state index is 13.0. The highest BCUT2D eigenvalue weighted by Gasteiger charge is 2.23. The fourth-order valence-electron chi connectivity index (χ4n) is 1.50. The van der Waals surface area contributed by atoms with Crippen LogP contribution < -0.4 is 4.74 Å². The molecule has 0 saturated carbocycles. The molecule has 0 radical (unpaired) electrons. The highest BCUT2D eigenvalue weighted by molar-refractivity contribution is 6.17. The van der Waals surface area contributed by atoms with Crippen molar-refractivity contribution in [1.29, 1.82) is 0 Å². The fourth-order valence-corrected chi connectivity index (χ4v) is 1.80. The lowest BCUT2D eigenvalue weighted by molar-refractivity contribution is -0.139. The normalized spacial score (nSPS) is 10.6. The van der Waals surface area contributed by atoms with Gasteiger partial charge in [0.25, 0.3) is 6.43 Å². The van der Waals surface area contributed by atoms with Crippen LogP contribution in [0.3, 0.4) is 0 Å². The molecule has 0 aliphatic rings. The summed E-state index contributed by atoms with van der Waals surface area (Å²) in [7, 11) is 2.47. The van der Waals surface area contributed by atoms with E-state index >= 15 is 0 Å². The minimum atomic E-state index is -2.76. The van der Waals surface area contributed by atoms with Crippen molar-refractivity contribution >= 4 is 17.6 Å². The lowest BCUT2D eigenvalue weighted by atomic mass is 10.1. The van der Waals surface area contributed by atoms with E-state index < -0.39 is 12.4 Å². The summed E-state index contributed by atoms with van der Waals surface area (Å²) in [5, 5.41) is 0. The van der Waals surface area contributed by atoms with Gasteiger partial charge in [0.15, 0.2) is 0 Å². The summed E-state index contributed by atoms with van der Waals surface area (Å²) in [4.78, 5) is 15.1. The number of esters is 1. The monoisotopic (exact) mass is 279 g/mol. The number of hydrogen-bond acceptors (Lipinski definition) is 4. The lowest BCUT2D eigenvalue weighted by Crippen LogP contribution is -2.11. The zero-order chi connectivity index (χ0) is 13.7. The minimum absolute atomic E-state index is 0.0470. The molecule has 0 amide bonds. The third kappa shape index (κ3) is 3.07. The molecule has 0 aromatic carbocycles. The van der Waals surface area contributed by atoms with Crippen molar-refractivity contribution in [2.45, 2.75) is 18.7 Å². The number of nitrogens with zero attached hydrogens (tertiary/aromatic N) is 1. The summed E-state index contributed by atoms with van der Waals surface area (Å²) in [6.07, 6.45) is -1.81. The topological polar surface area (TPSA) is 48.4 Å². The molecule has 0 unspecified atom stereocenters. The Balaban J connectivity index is 3.28. The second-order valence-corrected chi connectivity index (χ2v) is 3.62. The van der Waals surface area contributed by atoms with Crippen molar-refractivity contribution in [1.82, 2.24) is 4.98 Å². The molecule has 1 heterocycles. The Bertz CT molecular complexity index is 441. The molecule has 0 bridgehead atoms. The van der Waals surface area contributed by atoms with Gasteiger partial charge >= 0.3 is 5.97 Å². The van der Waals surface area contributed by atoms with Gasteiger partial charge in [0.05, 0.1) is 38.1 Å². The van der Waals surface area contributed by atoms with Crippen LogP contribution in [-0.2, 0) is 21.8 Å². The van der Waals surface area contributed by atoms with E-state index in [1.54, 1.807) is 0 Å². The zero-order valence-corrected chi connectivity index (χ0v) is 10.6. The number of aromatic nitrogens is 1. The molecule has 0 N–H and O–H groups in total. The van der Waals surface area contributed by atoms with Gasteiger partial charge in [0.1, 0.15) is 5.75 Å². The fraction of sp³-hybridized carbons (Fsp3) is 0.455. The van der Waals surface area contributed by atoms with Crippen molar-refractivity contribution in [2.24, 2.45) is 0 Å². The molecule has 100 valence electrons. The highest BCUT2D eigenvalue weighted by Crippen LogP contribution is 2.34. The Morgan fingerprint density at radius 3 is 2.61 bits per heavy atom. The predicted molar refractivity (Wildman–Crippen MR) is 61.0 cm³/mol. The molecule has 18 heavy (non-hydrogen) atoms. The van der Waals surface area contributed by atoms with Crippen LogP contribution in [0.15, 0.2) is 6.20 Å². The first-order valence-electron chi connectivity index (χ1n) is 5.00. The molecule has 0 aliphatic carbocycles. The Hall–Kier alpha value is -1.43. The van der Waals surface area contributed by atoms with Crippen molar-refractivity contribution in [3.63, 3.8) is 0 Å². The van der Waals surface area contributed by atoms with Crippen LogP contribution in [0.5, 0.6) is 5.75 Å². The molecular weight excluding hydrogens is 268 g/mol. The zero-order valence-electron chi connectivity index (χ0n) is 9.87. The van der Waals surface area contributed by atoms with E-state index in [0.717, 1.165) is 6.20 Å². The molecule has 0 spiro atoms. The van der Waals surface area contributed by atoms with Crippen LogP contribution >= 0.6 is 11.6 Å². The summed E-state index contributed by atoms with van der Waals surface area (Å²) in [5.74, 6) is -0.801. The van der Waals surface area contributed by atoms with Gasteiger partial charge in [-0.2, -0.15) is 0 Å². The van der Waals surface area contributed by atoms with Gasteiger partial charge in [-0.15, -0.1) is 11.6 Å². The predicted octanol–water partition coefficient (Wildman–Crippen LogP) is 2.48. The average Bonchev–Trinajstić information content (AvgIpc) is 2.37. The molecule has 7 heteroatoms. The molecule has 0 fully saturated rings. The molecule has 4 nitrogen and oxygen atoms in total. The van der Waals surface area contributed by atoms with E-state index in [2.05, 4.69) is 9.72 Å². The number of methoxy groups -OCH3 is 2. The molecule has 0 atom stereocenters. The highest BCUT2D eigenvalue weighted by atomic mass is 35.5. The van der Waals surface area contributed by atoms with E-state index in [9.17, 15) is 13.6 Å². The third-order valence-electron chi connectivity index (χ3n) is 2.39. The van der Waals surface area contributed by atoms with E-state index in [0.29, 0.717) is 0 Å². The lowest BCUT2D eigenvalue weighted by Gasteiger charge is -2.14. The van der Waals surface area contributed by atoms with Gasteiger partial charge < -0.3 is 9.47 Å². The van der Waals surface area contributed by atoms with Gasteiger partial charge in [-0.05, 0) is 0 Å². The molecule has 1 aromatic heterocycles. The Morgan fingerprint density at radius 2 is 2.17 bits per heavy atom. The van der Waals surface area contributed by atoms with Crippen LogP contribution in [0.4, 0.5) is 8.78 Å². The van der Waals surface area contributed by atoms with Gasteiger partial charge in [-0.3, -0.25) is 9.78 Å². The number of alkyl halides is 3. The first-order valence-corrected chi connectivity index (χ1v) is 5.54. The van der Waals surface area contributed by atoms with Crippen LogP contribution in [0.25, 0.3) is 0 Å². The summed E-state index contributed by atoms with van der Waals surface area (Å²) < 4.78 is 35.2. The summed E-state index contributed by atoms with van der Waals surface area (Å²) in [6.45, 7) is 0. The molecule has 1 rings (SSSR count). The van der Waals surface area contributed by atoms with E-state index in [1.807, 2.05) is 0 Å². The smallest absolute Gasteiger partial charge is 0.311 e. The van der Waals surface area contributed by atoms with E-state index in [4.69, 9.17) is 16.3 Å². The maximum absolute atomic E-state index is 13.0. The van der Waals surface area contributed by atoms with Crippen LogP contribution in [-0.4, -0.2) is 25.2 Å². The van der Waals surface area contributed by atoms with Gasteiger partial charge in [0, 0.05) is 11.4 Å². The summed E-state index contributed by atoms with van der Waals surface area (Å²) in [5.41, 5.74) is -0.0502. The number of ether oxygens (including phenoxy) is 2. The second-order valence-electron chi connectivity index (χ2n) is 3.35. The largest absolute Gasteiger partial charge is 0.495 e. The molecule has 0 aliphatic heterocycles. The van der Waals surface area contributed by atoms with Crippen molar-refractivity contribution < 1.29 is 23.0 Å². The Kier molecular flexibility index (Phi) is 5.27. The first-order chi connectivity index (χ1) is 8.54. The molecule has 0 saturated heterocycles. The number of halogens is 3. The minimum Gasteiger partial charge on any atom is -0.495 e. The Morgan fingerprint density at radius 1 is 1.50 bits per heavy atom. The van der Waals surface area contributed by atoms with Gasteiger partial charge in [-0.1, -0.05) is 0 Å². The van der Waals surface area contributed by atoms with Crippen LogP contribution in [0, 0.1) is 0 Å². The summed E-state index contributed by atoms with van der Waals surface area (Å²) >= 11 is 5.66. The van der Waals surface area contributed by atoms with Gasteiger partial charge in [0.2, 0.25) is 0 Å². The number of carbonyl (C=O) groups excluding carboxylic acids is 1. The number of rotatable bonds is 5. The molecular formula is C11H12ClF2NO3. The van der Waals surface area contributed by atoms with E-state index in [1.165, 1.54) is 14.2 Å². The standard InChI is InChI=1S/C11H12ClF2NO3/c1-17-8-5-15-7(3-9(16)18-2)6(4-12)10(8)11(13)14/h5,11H,3-4H2,1-2H3. The average molecular weight is 280 g/mol. The number of carbonyl (C=O) groups is 1. The summed E-state index contributed by atoms with van der Waals surface area (Å²) in [6, 6.07) is 0. The maximum Gasteiger partial charge on any atom is 0.311 e. The van der Waals surface area contributed by atoms with Gasteiger partial charge in [-0.25, -0.2) is 8.78 Å². The Labute approximate surface area is 108 Å². The van der Waals surface area contributed by atoms with Crippen molar-refractivity contribution in [3.05, 3.63) is 23.0 Å². The SMILES string of the molecule is COC(=O)Cc1ncc(OC)c(C(F)F)c1CCl.